The van der Waals surface area contributed by atoms with E-state index < -0.39 is 5.41 Å². The molecule has 1 aromatic heterocycles. The molecule has 1 saturated carbocycles. The molecule has 1 aliphatic carbocycles. The van der Waals surface area contributed by atoms with Gasteiger partial charge >= 0.3 is 0 Å². The lowest BCUT2D eigenvalue weighted by Gasteiger charge is -2.27. The Balaban J connectivity index is 1.88. The maximum atomic E-state index is 13.3. The summed E-state index contributed by atoms with van der Waals surface area (Å²) in [7, 11) is 0. The van der Waals surface area contributed by atoms with Gasteiger partial charge in [0.05, 0.1) is 23.3 Å². The first-order chi connectivity index (χ1) is 11.1. The van der Waals surface area contributed by atoms with E-state index in [1.807, 2.05) is 37.3 Å². The van der Waals surface area contributed by atoms with E-state index in [0.717, 1.165) is 31.2 Å². The van der Waals surface area contributed by atoms with E-state index in [2.05, 4.69) is 9.97 Å². The smallest absolute Gasteiger partial charge is 0.257 e. The minimum Gasteiger partial charge on any atom is -0.313 e. The van der Waals surface area contributed by atoms with Crippen LogP contribution in [0.4, 0.5) is 5.82 Å². The Morgan fingerprint density at radius 3 is 2.57 bits per heavy atom. The minimum atomic E-state index is -0.666. The molecule has 2 aromatic rings. The average Bonchev–Trinajstić information content (AvgIpc) is 3.14. The number of benzene rings is 1. The van der Waals surface area contributed by atoms with E-state index in [-0.39, 0.29) is 17.5 Å². The fourth-order valence-corrected chi connectivity index (χ4v) is 4.12. The van der Waals surface area contributed by atoms with Gasteiger partial charge in [-0.05, 0) is 25.3 Å². The molecule has 118 valence electrons. The number of fused-ring (bicyclic) bond motifs is 2. The Morgan fingerprint density at radius 1 is 1.17 bits per heavy atom. The molecule has 5 nitrogen and oxygen atoms in total. The van der Waals surface area contributed by atoms with Gasteiger partial charge < -0.3 is 4.98 Å². The Bertz CT molecular complexity index is 807. The zero-order chi connectivity index (χ0) is 16.0. The van der Waals surface area contributed by atoms with Crippen LogP contribution in [0.15, 0.2) is 41.5 Å². The second-order valence-electron chi connectivity index (χ2n) is 6.48. The van der Waals surface area contributed by atoms with Crippen LogP contribution in [0.2, 0.25) is 0 Å². The maximum absolute atomic E-state index is 13.3. The van der Waals surface area contributed by atoms with Crippen molar-refractivity contribution in [3.63, 3.8) is 0 Å². The van der Waals surface area contributed by atoms with Gasteiger partial charge in [0.1, 0.15) is 5.82 Å². The first-order valence-corrected chi connectivity index (χ1v) is 8.12. The number of anilines is 1. The molecule has 1 spiro atoms. The fourth-order valence-electron chi connectivity index (χ4n) is 4.12. The molecule has 5 heteroatoms. The number of hydrogen-bond acceptors (Lipinski definition) is 3. The van der Waals surface area contributed by atoms with Crippen LogP contribution in [0.3, 0.4) is 0 Å². The van der Waals surface area contributed by atoms with Gasteiger partial charge in [0.2, 0.25) is 5.91 Å². The summed E-state index contributed by atoms with van der Waals surface area (Å²) in [6.07, 6.45) is 4.84. The van der Waals surface area contributed by atoms with Crippen LogP contribution in [0, 0.1) is 0 Å². The number of aromatic nitrogens is 2. The third-order valence-corrected chi connectivity index (χ3v) is 5.29. The highest BCUT2D eigenvalue weighted by Gasteiger charge is 2.55. The molecule has 0 saturated heterocycles. The summed E-state index contributed by atoms with van der Waals surface area (Å²) < 4.78 is 0. The molecule has 1 atom stereocenters. The molecule has 4 rings (SSSR count). The quantitative estimate of drug-likeness (QED) is 0.927. The Morgan fingerprint density at radius 2 is 1.87 bits per heavy atom. The van der Waals surface area contributed by atoms with Crippen molar-refractivity contribution in [3.05, 3.63) is 58.1 Å². The van der Waals surface area contributed by atoms with Crippen molar-refractivity contribution in [2.75, 3.05) is 4.90 Å². The molecule has 0 radical (unpaired) electrons. The van der Waals surface area contributed by atoms with E-state index in [4.69, 9.17) is 0 Å². The summed E-state index contributed by atoms with van der Waals surface area (Å²) >= 11 is 0. The van der Waals surface area contributed by atoms with E-state index in [9.17, 15) is 9.59 Å². The van der Waals surface area contributed by atoms with Gasteiger partial charge in [-0.2, -0.15) is 0 Å². The van der Waals surface area contributed by atoms with Crippen molar-refractivity contribution in [1.82, 2.24) is 9.97 Å². The number of aromatic amines is 1. The van der Waals surface area contributed by atoms with Gasteiger partial charge in [0.15, 0.2) is 0 Å². The maximum Gasteiger partial charge on any atom is 0.257 e. The molecule has 1 N–H and O–H groups in total. The summed E-state index contributed by atoms with van der Waals surface area (Å²) in [6.45, 7) is 1.99. The van der Waals surface area contributed by atoms with Gasteiger partial charge in [-0.1, -0.05) is 43.2 Å². The van der Waals surface area contributed by atoms with Gasteiger partial charge in [0, 0.05) is 0 Å². The van der Waals surface area contributed by atoms with Gasteiger partial charge in [-0.25, -0.2) is 4.98 Å². The first-order valence-electron chi connectivity index (χ1n) is 8.12. The topological polar surface area (TPSA) is 66.1 Å². The molecular weight excluding hydrogens is 290 g/mol. The lowest BCUT2D eigenvalue weighted by molar-refractivity contribution is -0.123. The molecule has 1 amide bonds. The summed E-state index contributed by atoms with van der Waals surface area (Å²) in [4.78, 5) is 34.5. The van der Waals surface area contributed by atoms with E-state index in [1.165, 1.54) is 6.33 Å². The molecule has 1 aromatic carbocycles. The summed E-state index contributed by atoms with van der Waals surface area (Å²) in [5, 5.41) is 0. The van der Waals surface area contributed by atoms with E-state index in [0.29, 0.717) is 11.4 Å². The number of amides is 1. The summed E-state index contributed by atoms with van der Waals surface area (Å²) in [5.74, 6) is 0.572. The molecule has 1 aliphatic heterocycles. The van der Waals surface area contributed by atoms with Crippen LogP contribution in [0.1, 0.15) is 49.8 Å². The third-order valence-electron chi connectivity index (χ3n) is 5.29. The number of rotatable bonds is 2. The van der Waals surface area contributed by atoms with Crippen molar-refractivity contribution in [3.8, 4) is 0 Å². The largest absolute Gasteiger partial charge is 0.313 e. The second-order valence-corrected chi connectivity index (χ2v) is 6.48. The summed E-state index contributed by atoms with van der Waals surface area (Å²) in [5.41, 5.74) is 0.780. The van der Waals surface area contributed by atoms with Gasteiger partial charge in [-0.3, -0.25) is 14.5 Å². The SMILES string of the molecule is CC(c1ccccc1)N1C(=O)C2(CCCC2)c2c1nc[nH]c2=O. The predicted octanol–water partition coefficient (Wildman–Crippen LogP) is 2.69. The third kappa shape index (κ3) is 1.89. The average molecular weight is 309 g/mol. The number of nitrogens with one attached hydrogen (secondary N) is 1. The highest BCUT2D eigenvalue weighted by molar-refractivity contribution is 6.07. The number of nitrogens with zero attached hydrogens (tertiary/aromatic N) is 2. The molecular formula is C18H19N3O2. The number of carbonyl (C=O) groups is 1. The predicted molar refractivity (Wildman–Crippen MR) is 87.3 cm³/mol. The van der Waals surface area contributed by atoms with Gasteiger partial charge in [0.25, 0.3) is 5.56 Å². The monoisotopic (exact) mass is 309 g/mol. The van der Waals surface area contributed by atoms with Crippen LogP contribution in [0.5, 0.6) is 0 Å². The van der Waals surface area contributed by atoms with E-state index >= 15 is 0 Å². The number of carbonyl (C=O) groups excluding carboxylic acids is 1. The minimum absolute atomic E-state index is 0.0329. The molecule has 1 unspecified atom stereocenters. The highest BCUT2D eigenvalue weighted by Crippen LogP contribution is 2.50. The highest BCUT2D eigenvalue weighted by atomic mass is 16.2. The van der Waals surface area contributed by atoms with Crippen molar-refractivity contribution >= 4 is 11.7 Å². The normalized spacial score (nSPS) is 20.0. The molecule has 2 heterocycles. The van der Waals surface area contributed by atoms with Crippen LogP contribution in [-0.2, 0) is 10.2 Å². The molecule has 23 heavy (non-hydrogen) atoms. The number of hydrogen-bond donors (Lipinski definition) is 1. The molecule has 1 fully saturated rings. The van der Waals surface area contributed by atoms with Crippen LogP contribution in [0.25, 0.3) is 0 Å². The molecule has 0 bridgehead atoms. The zero-order valence-corrected chi connectivity index (χ0v) is 13.1. The number of H-pyrrole nitrogens is 1. The fraction of sp³-hybridized carbons (Fsp3) is 0.389. The summed E-state index contributed by atoms with van der Waals surface area (Å²) in [6, 6.07) is 9.75. The second kappa shape index (κ2) is 5.05. The van der Waals surface area contributed by atoms with Crippen molar-refractivity contribution in [1.29, 1.82) is 0 Å². The molecule has 2 aliphatic rings. The van der Waals surface area contributed by atoms with Crippen LogP contribution >= 0.6 is 0 Å². The Hall–Kier alpha value is -2.43. The Labute approximate surface area is 134 Å². The Kier molecular flexibility index (Phi) is 3.11. The van der Waals surface area contributed by atoms with Crippen molar-refractivity contribution < 1.29 is 4.79 Å². The standard InChI is InChI=1S/C18H19N3O2/c1-12(13-7-3-2-4-8-13)21-15-14(16(22)20-11-19-15)18(17(21)23)9-5-6-10-18/h2-4,7-8,11-12H,5-6,9-10H2,1H3,(H,19,20,22). The lowest BCUT2D eigenvalue weighted by Crippen LogP contribution is -2.41. The van der Waals surface area contributed by atoms with Crippen LogP contribution in [-0.4, -0.2) is 15.9 Å². The first kappa shape index (κ1) is 14.2. The lowest BCUT2D eigenvalue weighted by atomic mass is 9.81. The van der Waals surface area contributed by atoms with Crippen molar-refractivity contribution in [2.24, 2.45) is 0 Å². The van der Waals surface area contributed by atoms with Gasteiger partial charge in [-0.15, -0.1) is 0 Å². The van der Waals surface area contributed by atoms with E-state index in [1.54, 1.807) is 4.90 Å². The van der Waals surface area contributed by atoms with Crippen LogP contribution < -0.4 is 10.5 Å². The zero-order valence-electron chi connectivity index (χ0n) is 13.1. The van der Waals surface area contributed by atoms with Crippen molar-refractivity contribution in [2.45, 2.75) is 44.1 Å².